The summed E-state index contributed by atoms with van der Waals surface area (Å²) < 4.78 is 9.86. The number of nitrogens with zero attached hydrogens (tertiary/aromatic N) is 1. The van der Waals surface area contributed by atoms with Crippen LogP contribution in [-0.2, 0) is 19.1 Å². The Hall–Kier alpha value is -2.96. The highest BCUT2D eigenvalue weighted by Crippen LogP contribution is 2.35. The highest BCUT2D eigenvalue weighted by atomic mass is 35.5. The van der Waals surface area contributed by atoms with Gasteiger partial charge in [-0.25, -0.2) is 9.69 Å². The topological polar surface area (TPSA) is 72.9 Å². The van der Waals surface area contributed by atoms with Crippen molar-refractivity contribution in [3.8, 4) is 0 Å². The van der Waals surface area contributed by atoms with Gasteiger partial charge < -0.3 is 9.47 Å². The van der Waals surface area contributed by atoms with Crippen LogP contribution in [0.1, 0.15) is 21.5 Å². The molecule has 28 heavy (non-hydrogen) atoms. The van der Waals surface area contributed by atoms with Crippen LogP contribution in [0, 0.1) is 6.92 Å². The van der Waals surface area contributed by atoms with E-state index in [4.69, 9.17) is 21.1 Å². The Labute approximate surface area is 167 Å². The van der Waals surface area contributed by atoms with E-state index in [1.165, 1.54) is 31.4 Å². The second-order valence-electron chi connectivity index (χ2n) is 6.18. The maximum atomic E-state index is 12.9. The summed E-state index contributed by atoms with van der Waals surface area (Å²) >= 11 is 6.18. The van der Waals surface area contributed by atoms with E-state index in [1.54, 1.807) is 12.1 Å². The van der Waals surface area contributed by atoms with Crippen LogP contribution < -0.4 is 4.90 Å². The van der Waals surface area contributed by atoms with Gasteiger partial charge >= 0.3 is 5.97 Å². The third-order valence-corrected chi connectivity index (χ3v) is 4.60. The number of rotatable bonds is 6. The molecule has 0 unspecified atom stereocenters. The van der Waals surface area contributed by atoms with Crippen molar-refractivity contribution in [3.05, 3.63) is 70.3 Å². The van der Waals surface area contributed by atoms with Gasteiger partial charge in [-0.15, -0.1) is 0 Å². The Morgan fingerprint density at radius 3 is 2.21 bits per heavy atom. The van der Waals surface area contributed by atoms with Gasteiger partial charge in [0.1, 0.15) is 11.6 Å². The Bertz CT molecular complexity index is 948. The molecule has 0 atom stereocenters. The van der Waals surface area contributed by atoms with Crippen molar-refractivity contribution in [1.29, 1.82) is 0 Å². The molecule has 0 fully saturated rings. The quantitative estimate of drug-likeness (QED) is 0.423. The first-order valence-corrected chi connectivity index (χ1v) is 8.93. The molecule has 1 aliphatic rings. The number of methoxy groups -OCH3 is 1. The molecular formula is C21H18ClNO5. The van der Waals surface area contributed by atoms with Crippen LogP contribution in [0.15, 0.2) is 53.6 Å². The normalized spacial score (nSPS) is 14.0. The number of halogens is 1. The summed E-state index contributed by atoms with van der Waals surface area (Å²) in [5.41, 5.74) is 2.40. The van der Waals surface area contributed by atoms with Gasteiger partial charge in [-0.2, -0.15) is 0 Å². The number of carbonyl (C=O) groups is 3. The molecule has 6 nitrogen and oxygen atoms in total. The summed E-state index contributed by atoms with van der Waals surface area (Å²) in [6.45, 7) is 2.36. The molecule has 0 N–H and O–H groups in total. The SMILES string of the molecule is COCCOC(=O)c1ccc(N2C(=O)C(Cl)=C(c3ccc(C)cc3)C2=O)cc1. The zero-order valence-corrected chi connectivity index (χ0v) is 16.2. The minimum absolute atomic E-state index is 0.128. The maximum Gasteiger partial charge on any atom is 0.338 e. The minimum Gasteiger partial charge on any atom is -0.460 e. The fourth-order valence-corrected chi connectivity index (χ4v) is 3.03. The maximum absolute atomic E-state index is 12.9. The third kappa shape index (κ3) is 3.83. The average Bonchev–Trinajstić information content (AvgIpc) is 2.92. The first kappa shape index (κ1) is 19.8. The fraction of sp³-hybridized carbons (Fsp3) is 0.190. The van der Waals surface area contributed by atoms with Crippen molar-refractivity contribution >= 4 is 40.6 Å². The third-order valence-electron chi connectivity index (χ3n) is 4.25. The molecule has 2 amide bonds. The number of hydrogen-bond acceptors (Lipinski definition) is 5. The lowest BCUT2D eigenvalue weighted by molar-refractivity contribution is -0.119. The smallest absolute Gasteiger partial charge is 0.338 e. The Morgan fingerprint density at radius 2 is 1.61 bits per heavy atom. The molecule has 2 aromatic carbocycles. The summed E-state index contributed by atoms with van der Waals surface area (Å²) in [4.78, 5) is 38.4. The predicted octanol–water partition coefficient (Wildman–Crippen LogP) is 3.32. The summed E-state index contributed by atoms with van der Waals surface area (Å²) in [6, 6.07) is 13.2. The van der Waals surface area contributed by atoms with Crippen molar-refractivity contribution in [1.82, 2.24) is 0 Å². The van der Waals surface area contributed by atoms with E-state index < -0.39 is 17.8 Å². The van der Waals surface area contributed by atoms with Crippen LogP contribution in [0.3, 0.4) is 0 Å². The van der Waals surface area contributed by atoms with Crippen LogP contribution in [0.5, 0.6) is 0 Å². The molecule has 2 aromatic rings. The number of imide groups is 1. The molecule has 3 rings (SSSR count). The molecular weight excluding hydrogens is 382 g/mol. The molecule has 0 bridgehead atoms. The number of benzene rings is 2. The van der Waals surface area contributed by atoms with E-state index in [2.05, 4.69) is 0 Å². The van der Waals surface area contributed by atoms with Gasteiger partial charge in [0.15, 0.2) is 0 Å². The predicted molar refractivity (Wildman–Crippen MR) is 105 cm³/mol. The standard InChI is InChI=1S/C21H18ClNO5/c1-13-3-5-14(6-4-13)17-18(22)20(25)23(19(17)24)16-9-7-15(8-10-16)21(26)28-12-11-27-2/h3-10H,11-12H2,1-2H3. The first-order valence-electron chi connectivity index (χ1n) is 8.55. The van der Waals surface area contributed by atoms with E-state index in [-0.39, 0.29) is 17.2 Å². The Balaban J connectivity index is 1.81. The number of esters is 1. The molecule has 0 aliphatic carbocycles. The highest BCUT2D eigenvalue weighted by molar-refractivity contribution is 6.60. The molecule has 0 aromatic heterocycles. The summed E-state index contributed by atoms with van der Waals surface area (Å²) in [5.74, 6) is -1.62. The molecule has 0 radical (unpaired) electrons. The number of anilines is 1. The zero-order valence-electron chi connectivity index (χ0n) is 15.4. The summed E-state index contributed by atoms with van der Waals surface area (Å²) in [7, 11) is 1.51. The molecule has 0 saturated heterocycles. The number of aryl methyl sites for hydroxylation is 1. The Morgan fingerprint density at radius 1 is 0.964 bits per heavy atom. The molecule has 1 aliphatic heterocycles. The second-order valence-corrected chi connectivity index (χ2v) is 6.55. The Kier molecular flexibility index (Phi) is 5.92. The van der Waals surface area contributed by atoms with E-state index >= 15 is 0 Å². The summed E-state index contributed by atoms with van der Waals surface area (Å²) in [6.07, 6.45) is 0. The van der Waals surface area contributed by atoms with E-state index in [1.807, 2.05) is 19.1 Å². The lowest BCUT2D eigenvalue weighted by Gasteiger charge is -2.15. The van der Waals surface area contributed by atoms with Crippen molar-refractivity contribution < 1.29 is 23.9 Å². The van der Waals surface area contributed by atoms with Crippen molar-refractivity contribution in [3.63, 3.8) is 0 Å². The molecule has 0 saturated carbocycles. The average molecular weight is 400 g/mol. The molecule has 0 spiro atoms. The second kappa shape index (κ2) is 8.37. The van der Waals surface area contributed by atoms with Gasteiger partial charge in [0.25, 0.3) is 11.8 Å². The van der Waals surface area contributed by atoms with E-state index in [0.29, 0.717) is 23.4 Å². The van der Waals surface area contributed by atoms with Crippen LogP contribution in [0.4, 0.5) is 5.69 Å². The summed E-state index contributed by atoms with van der Waals surface area (Å²) in [5, 5.41) is -0.128. The van der Waals surface area contributed by atoms with Crippen molar-refractivity contribution in [2.24, 2.45) is 0 Å². The first-order chi connectivity index (χ1) is 13.4. The van der Waals surface area contributed by atoms with Crippen LogP contribution in [0.25, 0.3) is 5.57 Å². The lowest BCUT2D eigenvalue weighted by atomic mass is 10.0. The zero-order chi connectivity index (χ0) is 20.3. The lowest BCUT2D eigenvalue weighted by Crippen LogP contribution is -2.31. The van der Waals surface area contributed by atoms with Crippen LogP contribution in [-0.4, -0.2) is 38.1 Å². The van der Waals surface area contributed by atoms with Crippen LogP contribution >= 0.6 is 11.6 Å². The van der Waals surface area contributed by atoms with Gasteiger partial charge in [-0.05, 0) is 36.8 Å². The number of amides is 2. The monoisotopic (exact) mass is 399 g/mol. The fourth-order valence-electron chi connectivity index (χ4n) is 2.76. The van der Waals surface area contributed by atoms with Crippen molar-refractivity contribution in [2.45, 2.75) is 6.92 Å². The minimum atomic E-state index is -0.599. The van der Waals surface area contributed by atoms with Gasteiger partial charge in [-0.1, -0.05) is 41.4 Å². The molecule has 1 heterocycles. The number of carbonyl (C=O) groups excluding carboxylic acids is 3. The molecule has 144 valence electrons. The largest absolute Gasteiger partial charge is 0.460 e. The van der Waals surface area contributed by atoms with Gasteiger partial charge in [0.05, 0.1) is 23.4 Å². The van der Waals surface area contributed by atoms with Crippen molar-refractivity contribution in [2.75, 3.05) is 25.2 Å². The highest BCUT2D eigenvalue weighted by Gasteiger charge is 2.39. The van der Waals surface area contributed by atoms with E-state index in [9.17, 15) is 14.4 Å². The van der Waals surface area contributed by atoms with Crippen LogP contribution in [0.2, 0.25) is 0 Å². The van der Waals surface area contributed by atoms with Gasteiger partial charge in [-0.3, -0.25) is 9.59 Å². The number of hydrogen-bond donors (Lipinski definition) is 0. The number of ether oxygens (including phenoxy) is 2. The van der Waals surface area contributed by atoms with Gasteiger partial charge in [0.2, 0.25) is 0 Å². The van der Waals surface area contributed by atoms with Gasteiger partial charge in [0, 0.05) is 7.11 Å². The van der Waals surface area contributed by atoms with E-state index in [0.717, 1.165) is 10.5 Å². The molecule has 7 heteroatoms.